The molecule has 0 aliphatic carbocycles. The van der Waals surface area contributed by atoms with Crippen LogP contribution in [-0.4, -0.2) is 38.1 Å². The van der Waals surface area contributed by atoms with E-state index in [0.717, 1.165) is 12.1 Å². The molecule has 0 spiro atoms. The van der Waals surface area contributed by atoms with Gasteiger partial charge in [0, 0.05) is 6.54 Å². The Kier molecular flexibility index (Phi) is 5.79. The summed E-state index contributed by atoms with van der Waals surface area (Å²) in [6.07, 6.45) is 0.603. The highest BCUT2D eigenvalue weighted by molar-refractivity contribution is 5.96. The van der Waals surface area contributed by atoms with Crippen LogP contribution in [0.15, 0.2) is 18.2 Å². The summed E-state index contributed by atoms with van der Waals surface area (Å²) >= 11 is 0. The predicted octanol–water partition coefficient (Wildman–Crippen LogP) is 1.43. The van der Waals surface area contributed by atoms with Gasteiger partial charge in [0.2, 0.25) is 5.91 Å². The van der Waals surface area contributed by atoms with Crippen molar-refractivity contribution < 1.29 is 9.53 Å². The van der Waals surface area contributed by atoms with Crippen LogP contribution in [-0.2, 0) is 11.3 Å². The second-order valence-electron chi connectivity index (χ2n) is 4.78. The van der Waals surface area contributed by atoms with E-state index >= 15 is 0 Å². The van der Waals surface area contributed by atoms with Gasteiger partial charge in [-0.05, 0) is 38.2 Å². The van der Waals surface area contributed by atoms with Gasteiger partial charge in [-0.1, -0.05) is 13.0 Å². The first kappa shape index (κ1) is 15.5. The van der Waals surface area contributed by atoms with Crippen LogP contribution in [0.4, 0.5) is 5.69 Å². The number of nitrogens with two attached hydrogens (primary N) is 1. The van der Waals surface area contributed by atoms with Crippen LogP contribution in [0.2, 0.25) is 0 Å². The van der Waals surface area contributed by atoms with Gasteiger partial charge in [-0.3, -0.25) is 4.79 Å². The number of nitrogens with one attached hydrogen (secondary N) is 1. The molecular weight excluding hydrogens is 242 g/mol. The summed E-state index contributed by atoms with van der Waals surface area (Å²) in [6.45, 7) is 2.68. The lowest BCUT2D eigenvalue weighted by Crippen LogP contribution is -2.34. The van der Waals surface area contributed by atoms with Gasteiger partial charge in [0.1, 0.15) is 5.75 Å². The Bertz CT molecular complexity index is 433. The summed E-state index contributed by atoms with van der Waals surface area (Å²) in [7, 11) is 5.57. The number of anilines is 1. The molecule has 3 N–H and O–H groups in total. The van der Waals surface area contributed by atoms with Crippen molar-refractivity contribution in [2.24, 2.45) is 5.73 Å². The molecule has 0 bridgehead atoms. The third-order valence-electron chi connectivity index (χ3n) is 2.80. The molecule has 0 saturated carbocycles. The first-order valence-corrected chi connectivity index (χ1v) is 6.36. The quantitative estimate of drug-likeness (QED) is 0.816. The largest absolute Gasteiger partial charge is 0.495 e. The minimum absolute atomic E-state index is 0.192. The SMILES string of the molecule is CC[C@@H](N)C(=O)Nc1cc(CN(C)C)ccc1OC. The Morgan fingerprint density at radius 3 is 2.68 bits per heavy atom. The van der Waals surface area contributed by atoms with Crippen LogP contribution in [0.5, 0.6) is 5.75 Å². The van der Waals surface area contributed by atoms with E-state index in [9.17, 15) is 4.79 Å². The summed E-state index contributed by atoms with van der Waals surface area (Å²) in [5.41, 5.74) is 7.48. The molecule has 106 valence electrons. The van der Waals surface area contributed by atoms with Crippen LogP contribution in [0.3, 0.4) is 0 Å². The molecule has 5 heteroatoms. The number of amides is 1. The Morgan fingerprint density at radius 2 is 2.16 bits per heavy atom. The van der Waals surface area contributed by atoms with Crippen molar-refractivity contribution in [2.75, 3.05) is 26.5 Å². The maximum atomic E-state index is 11.8. The Hall–Kier alpha value is -1.59. The number of rotatable bonds is 6. The average molecular weight is 265 g/mol. The van der Waals surface area contributed by atoms with Crippen LogP contribution in [0.25, 0.3) is 0 Å². The highest BCUT2D eigenvalue weighted by Gasteiger charge is 2.14. The number of ether oxygens (including phenoxy) is 1. The van der Waals surface area contributed by atoms with E-state index in [4.69, 9.17) is 10.5 Å². The van der Waals surface area contributed by atoms with Gasteiger partial charge >= 0.3 is 0 Å². The van der Waals surface area contributed by atoms with E-state index in [0.29, 0.717) is 17.9 Å². The van der Waals surface area contributed by atoms with Gasteiger partial charge in [0.25, 0.3) is 0 Å². The number of benzene rings is 1. The molecule has 0 unspecified atom stereocenters. The zero-order chi connectivity index (χ0) is 14.4. The number of methoxy groups -OCH3 is 1. The van der Waals surface area contributed by atoms with Crippen molar-refractivity contribution in [3.63, 3.8) is 0 Å². The molecule has 19 heavy (non-hydrogen) atoms. The second-order valence-corrected chi connectivity index (χ2v) is 4.78. The summed E-state index contributed by atoms with van der Waals surface area (Å²) in [5, 5.41) is 2.82. The Balaban J connectivity index is 2.92. The van der Waals surface area contributed by atoms with Crippen LogP contribution >= 0.6 is 0 Å². The number of nitrogens with zero attached hydrogens (tertiary/aromatic N) is 1. The first-order valence-electron chi connectivity index (χ1n) is 6.36. The summed E-state index contributed by atoms with van der Waals surface area (Å²) in [5.74, 6) is 0.446. The minimum Gasteiger partial charge on any atom is -0.495 e. The number of hydrogen-bond donors (Lipinski definition) is 2. The summed E-state index contributed by atoms with van der Waals surface area (Å²) < 4.78 is 5.25. The molecule has 5 nitrogen and oxygen atoms in total. The smallest absolute Gasteiger partial charge is 0.241 e. The lowest BCUT2D eigenvalue weighted by molar-refractivity contribution is -0.117. The highest BCUT2D eigenvalue weighted by Crippen LogP contribution is 2.26. The van der Waals surface area contributed by atoms with Gasteiger partial charge < -0.3 is 20.7 Å². The standard InChI is InChI=1S/C14H23N3O2/c1-5-11(15)14(18)16-12-8-10(9-17(2)3)6-7-13(12)19-4/h6-8,11H,5,9,15H2,1-4H3,(H,16,18)/t11-/m1/s1. The van der Waals surface area contributed by atoms with Gasteiger partial charge in [-0.2, -0.15) is 0 Å². The van der Waals surface area contributed by atoms with Crippen LogP contribution in [0.1, 0.15) is 18.9 Å². The fourth-order valence-corrected chi connectivity index (χ4v) is 1.73. The van der Waals surface area contributed by atoms with Crippen molar-refractivity contribution in [3.8, 4) is 5.75 Å². The van der Waals surface area contributed by atoms with E-state index in [1.807, 2.05) is 39.2 Å². The molecule has 0 radical (unpaired) electrons. The van der Waals surface area contributed by atoms with Crippen LogP contribution < -0.4 is 15.8 Å². The normalized spacial score (nSPS) is 12.3. The number of carbonyl (C=O) groups excluding carboxylic acids is 1. The second kappa shape index (κ2) is 7.11. The van der Waals surface area contributed by atoms with E-state index in [-0.39, 0.29) is 5.91 Å². The van der Waals surface area contributed by atoms with Gasteiger partial charge in [-0.25, -0.2) is 0 Å². The molecule has 0 fully saturated rings. The predicted molar refractivity (Wildman–Crippen MR) is 77.3 cm³/mol. The lowest BCUT2D eigenvalue weighted by atomic mass is 10.1. The lowest BCUT2D eigenvalue weighted by Gasteiger charge is -2.16. The van der Waals surface area contributed by atoms with E-state index in [1.165, 1.54) is 0 Å². The average Bonchev–Trinajstić information content (AvgIpc) is 2.37. The van der Waals surface area contributed by atoms with E-state index < -0.39 is 6.04 Å². The van der Waals surface area contributed by atoms with Gasteiger partial charge in [-0.15, -0.1) is 0 Å². The Labute approximate surface area is 114 Å². The fraction of sp³-hybridized carbons (Fsp3) is 0.500. The Morgan fingerprint density at radius 1 is 1.47 bits per heavy atom. The van der Waals surface area contributed by atoms with Crippen molar-refractivity contribution >= 4 is 11.6 Å². The maximum absolute atomic E-state index is 11.8. The third-order valence-corrected chi connectivity index (χ3v) is 2.80. The molecule has 1 aromatic carbocycles. The monoisotopic (exact) mass is 265 g/mol. The molecule has 0 aliphatic heterocycles. The molecular formula is C14H23N3O2. The molecule has 1 amide bonds. The highest BCUT2D eigenvalue weighted by atomic mass is 16.5. The topological polar surface area (TPSA) is 67.6 Å². The molecule has 1 rings (SSSR count). The molecule has 0 heterocycles. The molecule has 0 aromatic heterocycles. The summed E-state index contributed by atoms with van der Waals surface area (Å²) in [4.78, 5) is 13.9. The van der Waals surface area contributed by atoms with E-state index in [1.54, 1.807) is 7.11 Å². The number of carbonyl (C=O) groups is 1. The van der Waals surface area contributed by atoms with Crippen molar-refractivity contribution in [1.82, 2.24) is 4.90 Å². The van der Waals surface area contributed by atoms with Gasteiger partial charge in [0.05, 0.1) is 18.8 Å². The first-order chi connectivity index (χ1) is 8.97. The van der Waals surface area contributed by atoms with E-state index in [2.05, 4.69) is 10.2 Å². The molecule has 1 aromatic rings. The summed E-state index contributed by atoms with van der Waals surface area (Å²) in [6, 6.07) is 5.25. The van der Waals surface area contributed by atoms with Crippen molar-refractivity contribution in [2.45, 2.75) is 25.9 Å². The third kappa shape index (κ3) is 4.54. The maximum Gasteiger partial charge on any atom is 0.241 e. The van der Waals surface area contributed by atoms with Crippen molar-refractivity contribution in [1.29, 1.82) is 0 Å². The number of hydrogen-bond acceptors (Lipinski definition) is 4. The van der Waals surface area contributed by atoms with Gasteiger partial charge in [0.15, 0.2) is 0 Å². The molecule has 1 atom stereocenters. The zero-order valence-corrected chi connectivity index (χ0v) is 12.1. The molecule has 0 saturated heterocycles. The zero-order valence-electron chi connectivity index (χ0n) is 12.1. The molecule has 0 aliphatic rings. The van der Waals surface area contributed by atoms with Crippen molar-refractivity contribution in [3.05, 3.63) is 23.8 Å². The fourth-order valence-electron chi connectivity index (χ4n) is 1.73. The van der Waals surface area contributed by atoms with Crippen LogP contribution in [0, 0.1) is 0 Å². The minimum atomic E-state index is -0.498.